The number of benzene rings is 1. The normalized spacial score (nSPS) is 20.6. The van der Waals surface area contributed by atoms with E-state index >= 15 is 0 Å². The summed E-state index contributed by atoms with van der Waals surface area (Å²) in [4.78, 5) is 21.9. The second-order valence-electron chi connectivity index (χ2n) is 7.63. The quantitative estimate of drug-likeness (QED) is 0.552. The van der Waals surface area contributed by atoms with Crippen molar-refractivity contribution in [1.82, 2.24) is 14.2 Å². The van der Waals surface area contributed by atoms with Crippen LogP contribution in [0.4, 0.5) is 5.13 Å². The zero-order valence-corrected chi connectivity index (χ0v) is 19.8. The maximum absolute atomic E-state index is 13.2. The smallest absolute Gasteiger partial charge is 0.253 e. The summed E-state index contributed by atoms with van der Waals surface area (Å²) in [5, 5.41) is 3.36. The molecule has 1 amide bonds. The van der Waals surface area contributed by atoms with E-state index in [2.05, 4.69) is 4.90 Å². The van der Waals surface area contributed by atoms with E-state index in [0.29, 0.717) is 54.8 Å². The first-order chi connectivity index (χ1) is 14.9. The number of hydrogen-bond donors (Lipinski definition) is 0. The Morgan fingerprint density at radius 2 is 1.94 bits per heavy atom. The number of halogens is 1. The van der Waals surface area contributed by atoms with Gasteiger partial charge in [-0.2, -0.15) is 4.31 Å². The molecule has 1 atom stereocenters. The van der Waals surface area contributed by atoms with Crippen LogP contribution >= 0.6 is 34.3 Å². The lowest BCUT2D eigenvalue weighted by molar-refractivity contribution is -0.134. The number of piperazine rings is 1. The summed E-state index contributed by atoms with van der Waals surface area (Å²) in [5.41, 5.74) is 0.920. The second-order valence-corrected chi connectivity index (χ2v) is 12.1. The van der Waals surface area contributed by atoms with Crippen LogP contribution < -0.4 is 4.90 Å². The molecule has 31 heavy (non-hydrogen) atoms. The van der Waals surface area contributed by atoms with Crippen LogP contribution in [0.25, 0.3) is 10.2 Å². The van der Waals surface area contributed by atoms with Crippen molar-refractivity contribution in [3.63, 3.8) is 0 Å². The van der Waals surface area contributed by atoms with Crippen LogP contribution in [0.3, 0.4) is 0 Å². The van der Waals surface area contributed by atoms with E-state index in [9.17, 15) is 13.2 Å². The monoisotopic (exact) mass is 496 g/mol. The molecule has 0 radical (unpaired) electrons. The largest absolute Gasteiger partial charge is 0.345 e. The molecule has 5 rings (SSSR count). The number of hydrogen-bond acceptors (Lipinski definition) is 7. The van der Waals surface area contributed by atoms with Gasteiger partial charge < -0.3 is 9.80 Å². The molecule has 2 aromatic heterocycles. The third kappa shape index (κ3) is 3.95. The number of anilines is 1. The zero-order valence-electron chi connectivity index (χ0n) is 16.6. The molecule has 0 spiro atoms. The summed E-state index contributed by atoms with van der Waals surface area (Å²) in [6, 6.07) is 8.38. The highest BCUT2D eigenvalue weighted by Crippen LogP contribution is 2.32. The van der Waals surface area contributed by atoms with E-state index < -0.39 is 16.1 Å². The number of nitrogens with zero attached hydrogens (tertiary/aromatic N) is 4. The third-order valence-electron chi connectivity index (χ3n) is 5.75. The van der Waals surface area contributed by atoms with Crippen molar-refractivity contribution in [3.05, 3.63) is 40.7 Å². The maximum Gasteiger partial charge on any atom is 0.253 e. The first kappa shape index (κ1) is 21.1. The minimum absolute atomic E-state index is 0.0895. The Morgan fingerprint density at radius 3 is 2.68 bits per heavy atom. The van der Waals surface area contributed by atoms with Gasteiger partial charge in [0.25, 0.3) is 10.0 Å². The fraction of sp³-hybridized carbons (Fsp3) is 0.400. The Balaban J connectivity index is 1.27. The third-order valence-corrected chi connectivity index (χ3v) is 10.3. The molecule has 1 unspecified atom stereocenters. The van der Waals surface area contributed by atoms with Crippen LogP contribution in [0.1, 0.15) is 12.8 Å². The molecule has 164 valence electrons. The van der Waals surface area contributed by atoms with E-state index in [-0.39, 0.29) is 5.91 Å². The van der Waals surface area contributed by atoms with Gasteiger partial charge in [0.2, 0.25) is 5.91 Å². The number of thiophene rings is 1. The van der Waals surface area contributed by atoms with Gasteiger partial charge in [-0.25, -0.2) is 13.4 Å². The van der Waals surface area contributed by atoms with Crippen molar-refractivity contribution < 1.29 is 13.2 Å². The number of amides is 1. The van der Waals surface area contributed by atoms with Gasteiger partial charge in [-0.15, -0.1) is 11.3 Å². The molecule has 4 heterocycles. The number of thiazole rings is 1. The summed E-state index contributed by atoms with van der Waals surface area (Å²) in [5.74, 6) is -0.0895. The van der Waals surface area contributed by atoms with Gasteiger partial charge in [0.05, 0.1) is 10.2 Å². The van der Waals surface area contributed by atoms with Crippen molar-refractivity contribution >= 4 is 65.6 Å². The van der Waals surface area contributed by atoms with Crippen LogP contribution in [0, 0.1) is 0 Å². The first-order valence-electron chi connectivity index (χ1n) is 10.1. The minimum atomic E-state index is -3.63. The Kier molecular flexibility index (Phi) is 5.68. The summed E-state index contributed by atoms with van der Waals surface area (Å²) >= 11 is 8.87. The summed E-state index contributed by atoms with van der Waals surface area (Å²) < 4.78 is 28.7. The Morgan fingerprint density at radius 1 is 1.13 bits per heavy atom. The van der Waals surface area contributed by atoms with Gasteiger partial charge in [-0.3, -0.25) is 4.79 Å². The second kappa shape index (κ2) is 8.32. The van der Waals surface area contributed by atoms with Crippen molar-refractivity contribution in [2.24, 2.45) is 0 Å². The highest BCUT2D eigenvalue weighted by molar-refractivity contribution is 7.91. The summed E-state index contributed by atoms with van der Waals surface area (Å²) in [7, 11) is -3.63. The molecule has 2 aliphatic rings. The van der Waals surface area contributed by atoms with Crippen molar-refractivity contribution in [2.75, 3.05) is 37.6 Å². The molecule has 0 N–H and O–H groups in total. The van der Waals surface area contributed by atoms with Gasteiger partial charge in [-0.1, -0.05) is 29.0 Å². The molecular weight excluding hydrogens is 476 g/mol. The maximum atomic E-state index is 13.2. The first-order valence-corrected chi connectivity index (χ1v) is 13.6. The molecule has 2 saturated heterocycles. The van der Waals surface area contributed by atoms with E-state index in [1.165, 1.54) is 15.6 Å². The lowest BCUT2D eigenvalue weighted by atomic mass is 10.2. The highest BCUT2D eigenvalue weighted by atomic mass is 35.5. The average Bonchev–Trinajstić information content (AvgIpc) is 3.53. The molecule has 0 aliphatic carbocycles. The van der Waals surface area contributed by atoms with Crippen LogP contribution in [0.15, 0.2) is 39.9 Å². The molecule has 0 saturated carbocycles. The summed E-state index contributed by atoms with van der Waals surface area (Å²) in [6.45, 7) is 2.84. The lowest BCUT2D eigenvalue weighted by Crippen LogP contribution is -2.54. The summed E-state index contributed by atoms with van der Waals surface area (Å²) in [6.07, 6.45) is 1.28. The Bertz CT molecular complexity index is 1200. The molecule has 2 aliphatic heterocycles. The zero-order chi connectivity index (χ0) is 21.6. The average molecular weight is 497 g/mol. The highest BCUT2D eigenvalue weighted by Gasteiger charge is 2.42. The molecule has 11 heteroatoms. The SMILES string of the molecule is O=C(C1CCCN1S(=O)(=O)c1cccs1)N1CCN(c2nc3ccc(Cl)cc3s2)CC1. The molecule has 3 aromatic rings. The number of carbonyl (C=O) groups excluding carboxylic acids is 1. The van der Waals surface area contributed by atoms with Crippen molar-refractivity contribution in [3.8, 4) is 0 Å². The standard InChI is InChI=1S/C20H21ClN4O3S3/c21-14-5-6-15-17(13-14)30-20(22-15)24-10-8-23(9-11-24)19(26)16-3-1-7-25(16)31(27,28)18-4-2-12-29-18/h2,4-6,12-13,16H,1,3,7-11H2. The fourth-order valence-electron chi connectivity index (χ4n) is 4.15. The number of carbonyl (C=O) groups is 1. The van der Waals surface area contributed by atoms with Crippen LogP contribution in [-0.4, -0.2) is 67.3 Å². The molecule has 1 aromatic carbocycles. The lowest BCUT2D eigenvalue weighted by Gasteiger charge is -2.37. The molecule has 7 nitrogen and oxygen atoms in total. The predicted molar refractivity (Wildman–Crippen MR) is 125 cm³/mol. The van der Waals surface area contributed by atoms with Crippen LogP contribution in [0.2, 0.25) is 5.02 Å². The molecular formula is C20H21ClN4O3S3. The van der Waals surface area contributed by atoms with Gasteiger partial charge in [-0.05, 0) is 42.5 Å². The Hall–Kier alpha value is -1.72. The van der Waals surface area contributed by atoms with Crippen molar-refractivity contribution in [2.45, 2.75) is 23.1 Å². The Labute approximate surface area is 193 Å². The van der Waals surface area contributed by atoms with Crippen LogP contribution in [0.5, 0.6) is 0 Å². The number of fused-ring (bicyclic) bond motifs is 1. The molecule has 2 fully saturated rings. The van der Waals surface area contributed by atoms with E-state index in [1.807, 2.05) is 18.2 Å². The topological polar surface area (TPSA) is 73.8 Å². The minimum Gasteiger partial charge on any atom is -0.345 e. The number of sulfonamides is 1. The van der Waals surface area contributed by atoms with E-state index in [0.717, 1.165) is 15.3 Å². The van der Waals surface area contributed by atoms with Gasteiger partial charge in [0, 0.05) is 37.7 Å². The van der Waals surface area contributed by atoms with E-state index in [4.69, 9.17) is 16.6 Å². The van der Waals surface area contributed by atoms with Gasteiger partial charge in [0.15, 0.2) is 5.13 Å². The molecule has 0 bridgehead atoms. The number of aromatic nitrogens is 1. The number of rotatable bonds is 4. The fourth-order valence-corrected chi connectivity index (χ4v) is 8.21. The van der Waals surface area contributed by atoms with E-state index in [1.54, 1.807) is 33.7 Å². The predicted octanol–water partition coefficient (Wildman–Crippen LogP) is 3.51. The van der Waals surface area contributed by atoms with Gasteiger partial charge >= 0.3 is 0 Å². The van der Waals surface area contributed by atoms with Gasteiger partial charge in [0.1, 0.15) is 10.3 Å². The van der Waals surface area contributed by atoms with Crippen molar-refractivity contribution in [1.29, 1.82) is 0 Å². The van der Waals surface area contributed by atoms with Crippen LogP contribution in [-0.2, 0) is 14.8 Å².